The van der Waals surface area contributed by atoms with Crippen molar-refractivity contribution in [2.24, 2.45) is 7.05 Å². The Hall–Kier alpha value is -3.61. The SMILES string of the molecule is CN(CCN1CCN(c2nccnc2-c2ccc(Cn3cccn3)cc2)CC1)S(=O)(=O)c1cnn(C)c1. The fourth-order valence-electron chi connectivity index (χ4n) is 4.41. The molecule has 1 fully saturated rings. The first-order chi connectivity index (χ1) is 17.9. The third-order valence-corrected chi connectivity index (χ3v) is 8.41. The highest BCUT2D eigenvalue weighted by Crippen LogP contribution is 2.27. The molecule has 0 unspecified atom stereocenters. The molecule has 1 aromatic carbocycles. The molecule has 12 heteroatoms. The lowest BCUT2D eigenvalue weighted by Gasteiger charge is -2.36. The van der Waals surface area contributed by atoms with Gasteiger partial charge in [0, 0.05) is 89.9 Å². The minimum atomic E-state index is -3.54. The Morgan fingerprint density at radius 1 is 0.973 bits per heavy atom. The maximum Gasteiger partial charge on any atom is 0.245 e. The van der Waals surface area contributed by atoms with E-state index in [1.807, 2.05) is 16.9 Å². The van der Waals surface area contributed by atoms with Gasteiger partial charge in [0.1, 0.15) is 10.6 Å². The quantitative estimate of drug-likeness (QED) is 0.327. The average Bonchev–Trinajstić information content (AvgIpc) is 3.60. The van der Waals surface area contributed by atoms with Crippen molar-refractivity contribution in [2.75, 3.05) is 51.2 Å². The number of likely N-dealkylation sites (N-methyl/N-ethyl adjacent to an activating group) is 1. The van der Waals surface area contributed by atoms with E-state index in [0.29, 0.717) is 13.1 Å². The summed E-state index contributed by atoms with van der Waals surface area (Å²) in [6.45, 7) is 5.03. The Bertz CT molecular complexity index is 1410. The first-order valence-corrected chi connectivity index (χ1v) is 13.6. The highest BCUT2D eigenvalue weighted by molar-refractivity contribution is 7.89. The van der Waals surface area contributed by atoms with Crippen LogP contribution in [0.5, 0.6) is 0 Å². The summed E-state index contributed by atoms with van der Waals surface area (Å²) >= 11 is 0. The Labute approximate surface area is 217 Å². The standard InChI is InChI=1S/C25H31N9O2S/c1-30-20-23(18-29-30)37(35,36)31(2)12-13-32-14-16-33(17-15-32)25-24(26-9-10-27-25)22-6-4-21(5-7-22)19-34-11-3-8-28-34/h3-11,18,20H,12-17,19H2,1-2H3. The third-order valence-electron chi connectivity index (χ3n) is 6.60. The number of hydrogen-bond donors (Lipinski definition) is 0. The zero-order valence-corrected chi connectivity index (χ0v) is 21.9. The molecule has 3 aromatic heterocycles. The van der Waals surface area contributed by atoms with Gasteiger partial charge in [0.2, 0.25) is 10.0 Å². The Morgan fingerprint density at radius 3 is 2.41 bits per heavy atom. The molecule has 0 amide bonds. The first-order valence-electron chi connectivity index (χ1n) is 12.2. The topological polar surface area (TPSA) is 105 Å². The second kappa shape index (κ2) is 10.8. The third kappa shape index (κ3) is 5.71. The van der Waals surface area contributed by atoms with Gasteiger partial charge < -0.3 is 4.90 Å². The van der Waals surface area contributed by atoms with E-state index in [0.717, 1.165) is 49.8 Å². The van der Waals surface area contributed by atoms with E-state index in [9.17, 15) is 8.42 Å². The summed E-state index contributed by atoms with van der Waals surface area (Å²) in [6.07, 6.45) is 10.1. The van der Waals surface area contributed by atoms with Crippen LogP contribution in [-0.2, 0) is 23.6 Å². The number of nitrogens with zero attached hydrogens (tertiary/aromatic N) is 9. The Balaban J connectivity index is 1.19. The minimum absolute atomic E-state index is 0.215. The second-order valence-electron chi connectivity index (χ2n) is 9.13. The lowest BCUT2D eigenvalue weighted by molar-refractivity contribution is 0.243. The molecular formula is C25H31N9O2S. The van der Waals surface area contributed by atoms with Crippen LogP contribution in [0.2, 0.25) is 0 Å². The summed E-state index contributed by atoms with van der Waals surface area (Å²) < 4.78 is 30.3. The average molecular weight is 522 g/mol. The zero-order chi connectivity index (χ0) is 25.8. The number of aromatic nitrogens is 6. The van der Waals surface area contributed by atoms with Crippen LogP contribution in [0.1, 0.15) is 5.56 Å². The van der Waals surface area contributed by atoms with Gasteiger partial charge in [0.15, 0.2) is 5.82 Å². The molecule has 37 heavy (non-hydrogen) atoms. The van der Waals surface area contributed by atoms with Crippen molar-refractivity contribution in [2.45, 2.75) is 11.4 Å². The van der Waals surface area contributed by atoms with Gasteiger partial charge in [-0.25, -0.2) is 13.4 Å². The molecule has 5 rings (SSSR count). The van der Waals surface area contributed by atoms with E-state index in [1.165, 1.54) is 26.9 Å². The van der Waals surface area contributed by atoms with Gasteiger partial charge >= 0.3 is 0 Å². The van der Waals surface area contributed by atoms with E-state index >= 15 is 0 Å². The van der Waals surface area contributed by atoms with E-state index in [-0.39, 0.29) is 4.90 Å². The van der Waals surface area contributed by atoms with Gasteiger partial charge in [-0.1, -0.05) is 24.3 Å². The van der Waals surface area contributed by atoms with Crippen LogP contribution in [0.4, 0.5) is 5.82 Å². The van der Waals surface area contributed by atoms with Crippen LogP contribution in [0.25, 0.3) is 11.3 Å². The van der Waals surface area contributed by atoms with Crippen molar-refractivity contribution >= 4 is 15.8 Å². The summed E-state index contributed by atoms with van der Waals surface area (Å²) in [5.41, 5.74) is 3.06. The monoisotopic (exact) mass is 521 g/mol. The molecule has 11 nitrogen and oxygen atoms in total. The molecule has 0 spiro atoms. The fraction of sp³-hybridized carbons (Fsp3) is 0.360. The Kier molecular flexibility index (Phi) is 7.31. The molecule has 1 saturated heterocycles. The molecule has 0 bridgehead atoms. The molecule has 194 valence electrons. The van der Waals surface area contributed by atoms with E-state index < -0.39 is 10.0 Å². The molecule has 0 radical (unpaired) electrons. The zero-order valence-electron chi connectivity index (χ0n) is 21.1. The summed E-state index contributed by atoms with van der Waals surface area (Å²) in [4.78, 5) is 14.1. The van der Waals surface area contributed by atoms with Crippen LogP contribution < -0.4 is 4.90 Å². The van der Waals surface area contributed by atoms with Crippen molar-refractivity contribution in [3.05, 3.63) is 73.1 Å². The molecule has 0 saturated carbocycles. The van der Waals surface area contributed by atoms with Crippen LogP contribution in [-0.4, -0.2) is 93.5 Å². The fourth-order valence-corrected chi connectivity index (χ4v) is 5.56. The van der Waals surface area contributed by atoms with Crippen molar-refractivity contribution in [3.8, 4) is 11.3 Å². The maximum absolute atomic E-state index is 12.8. The number of piperazine rings is 1. The van der Waals surface area contributed by atoms with Gasteiger partial charge in [-0.2, -0.15) is 14.5 Å². The maximum atomic E-state index is 12.8. The molecule has 1 aliphatic heterocycles. The van der Waals surface area contributed by atoms with Gasteiger partial charge in [0.25, 0.3) is 0 Å². The lowest BCUT2D eigenvalue weighted by Crippen LogP contribution is -2.49. The summed E-state index contributed by atoms with van der Waals surface area (Å²) in [5, 5.41) is 8.25. The highest BCUT2D eigenvalue weighted by atomic mass is 32.2. The first kappa shape index (κ1) is 25.1. The number of rotatable bonds is 9. The summed E-state index contributed by atoms with van der Waals surface area (Å²) in [6, 6.07) is 10.3. The van der Waals surface area contributed by atoms with E-state index in [2.05, 4.69) is 54.2 Å². The van der Waals surface area contributed by atoms with Crippen molar-refractivity contribution in [1.29, 1.82) is 0 Å². The number of sulfonamides is 1. The molecule has 4 aromatic rings. The normalized spacial score (nSPS) is 14.9. The van der Waals surface area contributed by atoms with Crippen molar-refractivity contribution < 1.29 is 8.42 Å². The smallest absolute Gasteiger partial charge is 0.245 e. The molecule has 0 atom stereocenters. The number of aryl methyl sites for hydroxylation is 1. The van der Waals surface area contributed by atoms with E-state index in [4.69, 9.17) is 0 Å². The summed E-state index contributed by atoms with van der Waals surface area (Å²) in [7, 11) is -0.214. The van der Waals surface area contributed by atoms with Crippen molar-refractivity contribution in [1.82, 2.24) is 38.7 Å². The van der Waals surface area contributed by atoms with Gasteiger partial charge in [-0.3, -0.25) is 19.2 Å². The van der Waals surface area contributed by atoms with Crippen LogP contribution in [0.3, 0.4) is 0 Å². The van der Waals surface area contributed by atoms with Crippen LogP contribution in [0.15, 0.2) is 72.4 Å². The minimum Gasteiger partial charge on any atom is -0.352 e. The second-order valence-corrected chi connectivity index (χ2v) is 11.2. The molecule has 0 N–H and O–H groups in total. The van der Waals surface area contributed by atoms with Crippen LogP contribution >= 0.6 is 0 Å². The predicted molar refractivity (Wildman–Crippen MR) is 140 cm³/mol. The van der Waals surface area contributed by atoms with Gasteiger partial charge in [-0.15, -0.1) is 0 Å². The Morgan fingerprint density at radius 2 is 1.73 bits per heavy atom. The summed E-state index contributed by atoms with van der Waals surface area (Å²) in [5.74, 6) is 0.873. The van der Waals surface area contributed by atoms with Gasteiger partial charge in [0.05, 0.1) is 12.7 Å². The molecular weight excluding hydrogens is 490 g/mol. The largest absolute Gasteiger partial charge is 0.352 e. The lowest BCUT2D eigenvalue weighted by atomic mass is 10.1. The number of hydrogen-bond acceptors (Lipinski definition) is 8. The molecule has 0 aliphatic carbocycles. The molecule has 4 heterocycles. The predicted octanol–water partition coefficient (Wildman–Crippen LogP) is 1.56. The highest BCUT2D eigenvalue weighted by Gasteiger charge is 2.25. The van der Waals surface area contributed by atoms with Gasteiger partial charge in [-0.05, 0) is 11.6 Å². The van der Waals surface area contributed by atoms with Crippen LogP contribution in [0, 0.1) is 0 Å². The molecule has 1 aliphatic rings. The van der Waals surface area contributed by atoms with E-state index in [1.54, 1.807) is 32.7 Å². The number of anilines is 1. The number of benzene rings is 1. The van der Waals surface area contributed by atoms with Crippen molar-refractivity contribution in [3.63, 3.8) is 0 Å².